The summed E-state index contributed by atoms with van der Waals surface area (Å²) in [7, 11) is 5.36. The van der Waals surface area contributed by atoms with Crippen LogP contribution in [-0.2, 0) is 28.6 Å². The highest BCUT2D eigenvalue weighted by Gasteiger charge is 2.25. The van der Waals surface area contributed by atoms with Crippen molar-refractivity contribution in [3.63, 3.8) is 0 Å². The van der Waals surface area contributed by atoms with Gasteiger partial charge >= 0.3 is 11.9 Å². The summed E-state index contributed by atoms with van der Waals surface area (Å²) in [5, 5.41) is 11.6. The minimum absolute atomic E-state index is 0.00287. The van der Waals surface area contributed by atoms with Gasteiger partial charge in [-0.15, -0.1) is 0 Å². The Hall–Kier alpha value is -3.49. The third-order valence-electron chi connectivity index (χ3n) is 8.78. The number of allylic oxidation sites excluding steroid dienone is 14. The molecule has 0 N–H and O–H groups in total. The maximum absolute atomic E-state index is 12.7. The van der Waals surface area contributed by atoms with E-state index in [1.165, 1.54) is 32.1 Å². The van der Waals surface area contributed by atoms with Crippen molar-refractivity contribution in [1.82, 2.24) is 0 Å². The van der Waals surface area contributed by atoms with Crippen LogP contribution in [0.3, 0.4) is 0 Å². The van der Waals surface area contributed by atoms with E-state index in [0.29, 0.717) is 12.8 Å². The van der Waals surface area contributed by atoms with Crippen LogP contribution in [0.25, 0.3) is 0 Å². The summed E-state index contributed by atoms with van der Waals surface area (Å²) in [6.45, 7) is 4.41. The number of carboxylic acids is 1. The van der Waals surface area contributed by atoms with E-state index >= 15 is 0 Å². The molecule has 0 aromatic carbocycles. The molecule has 0 aromatic heterocycles. The molecular weight excluding hydrogens is 691 g/mol. The highest BCUT2D eigenvalue weighted by Crippen LogP contribution is 2.11. The van der Waals surface area contributed by atoms with Gasteiger partial charge in [-0.05, 0) is 77.0 Å². The van der Waals surface area contributed by atoms with Crippen molar-refractivity contribution >= 4 is 17.9 Å². The van der Waals surface area contributed by atoms with Crippen LogP contribution >= 0.6 is 0 Å². The molecule has 0 saturated heterocycles. The molecule has 0 bridgehead atoms. The number of ether oxygens (including phenoxy) is 3. The molecule has 0 spiro atoms. The van der Waals surface area contributed by atoms with E-state index in [0.717, 1.165) is 70.6 Å². The van der Waals surface area contributed by atoms with Gasteiger partial charge in [-0.25, -0.2) is 0 Å². The standard InChI is InChI=1S/C47H77NO7/c1-6-8-10-12-14-16-18-20-21-22-23-24-25-26-28-30-32-34-36-38-46(50)55-43(41-53-40-39-44(47(51)52)48(3,4)5)42-54-45(49)37-35-33-31-29-27-19-17-15-13-11-9-7-2/h8,10,14-17,20-21,23-24,26,28,32,34,43-44H,6-7,9,11-13,18-19,22,25,27,29-31,33,35-42H2,1-5H3/b10-8+,16-14+,17-15+,21-20+,24-23+,28-26+,34-32+. The number of unbranched alkanes of at least 4 members (excludes halogenated alkanes) is 8. The molecule has 0 radical (unpaired) electrons. The van der Waals surface area contributed by atoms with Crippen molar-refractivity contribution in [2.24, 2.45) is 0 Å². The second-order valence-corrected chi connectivity index (χ2v) is 14.8. The van der Waals surface area contributed by atoms with Gasteiger partial charge in [-0.2, -0.15) is 0 Å². The monoisotopic (exact) mass is 768 g/mol. The van der Waals surface area contributed by atoms with E-state index in [-0.39, 0.29) is 43.1 Å². The van der Waals surface area contributed by atoms with Gasteiger partial charge in [0.1, 0.15) is 12.6 Å². The first-order chi connectivity index (χ1) is 26.6. The summed E-state index contributed by atoms with van der Waals surface area (Å²) in [6.07, 6.45) is 47.6. The van der Waals surface area contributed by atoms with Gasteiger partial charge < -0.3 is 28.6 Å². The van der Waals surface area contributed by atoms with E-state index in [9.17, 15) is 19.5 Å². The van der Waals surface area contributed by atoms with Gasteiger partial charge in [-0.1, -0.05) is 131 Å². The van der Waals surface area contributed by atoms with Crippen LogP contribution in [0.2, 0.25) is 0 Å². The molecule has 0 aliphatic heterocycles. The first-order valence-corrected chi connectivity index (χ1v) is 21.1. The fourth-order valence-electron chi connectivity index (χ4n) is 5.50. The number of carbonyl (C=O) groups is 3. The van der Waals surface area contributed by atoms with E-state index in [2.05, 4.69) is 86.8 Å². The van der Waals surface area contributed by atoms with E-state index in [1.54, 1.807) is 21.1 Å². The molecular formula is C47H77NO7. The molecule has 0 rings (SSSR count). The number of esters is 2. The molecule has 312 valence electrons. The lowest BCUT2D eigenvalue weighted by Crippen LogP contribution is -2.55. The Kier molecular flexibility index (Phi) is 35.1. The molecule has 0 amide bonds. The first kappa shape index (κ1) is 51.5. The second kappa shape index (κ2) is 37.4. The third-order valence-corrected chi connectivity index (χ3v) is 8.78. The molecule has 2 unspecified atom stereocenters. The minimum atomic E-state index is -1.14. The van der Waals surface area contributed by atoms with Gasteiger partial charge in [0.05, 0.1) is 40.3 Å². The molecule has 0 aromatic rings. The zero-order chi connectivity index (χ0) is 40.7. The first-order valence-electron chi connectivity index (χ1n) is 21.1. The molecule has 0 fully saturated rings. The molecule has 55 heavy (non-hydrogen) atoms. The lowest BCUT2D eigenvalue weighted by Gasteiger charge is -2.34. The summed E-state index contributed by atoms with van der Waals surface area (Å²) >= 11 is 0. The smallest absolute Gasteiger partial charge is 0.306 e. The predicted octanol–water partition coefficient (Wildman–Crippen LogP) is 10.0. The van der Waals surface area contributed by atoms with Crippen LogP contribution in [0.15, 0.2) is 85.1 Å². The van der Waals surface area contributed by atoms with Crippen LogP contribution in [0.5, 0.6) is 0 Å². The van der Waals surface area contributed by atoms with Crippen LogP contribution in [0.4, 0.5) is 0 Å². The molecule has 0 saturated carbocycles. The largest absolute Gasteiger partial charge is 0.544 e. The summed E-state index contributed by atoms with van der Waals surface area (Å²) in [4.78, 5) is 36.7. The average Bonchev–Trinajstić information content (AvgIpc) is 3.14. The average molecular weight is 768 g/mol. The Balaban J connectivity index is 4.53. The van der Waals surface area contributed by atoms with Gasteiger partial charge in [0.25, 0.3) is 0 Å². The van der Waals surface area contributed by atoms with Gasteiger partial charge in [0.2, 0.25) is 0 Å². The number of hydrogen-bond donors (Lipinski definition) is 0. The highest BCUT2D eigenvalue weighted by atomic mass is 16.6. The van der Waals surface area contributed by atoms with Gasteiger partial charge in [0, 0.05) is 19.3 Å². The van der Waals surface area contributed by atoms with E-state index in [4.69, 9.17) is 14.2 Å². The Labute approximate surface area is 335 Å². The lowest BCUT2D eigenvalue weighted by molar-refractivity contribution is -0.889. The molecule has 2 atom stereocenters. The number of aliphatic carboxylic acids is 1. The number of carboxylic acid groups (broad SMARTS) is 1. The SMILES string of the molecule is CC/C=C/C/C=C/C/C=C/C/C=C/C/C=C/C/C=C/CCC(=O)OC(COCCC(C(=O)[O-])[N+](C)(C)C)COC(=O)CCCCCCC/C=C/CCCCC. The van der Waals surface area contributed by atoms with E-state index in [1.807, 2.05) is 12.2 Å². The summed E-state index contributed by atoms with van der Waals surface area (Å²) in [5.74, 6) is -1.87. The normalized spacial score (nSPS) is 13.8. The third kappa shape index (κ3) is 35.9. The summed E-state index contributed by atoms with van der Waals surface area (Å²) < 4.78 is 17.0. The van der Waals surface area contributed by atoms with Crippen LogP contribution in [0, 0.1) is 0 Å². The lowest BCUT2D eigenvalue weighted by atomic mass is 10.1. The Morgan fingerprint density at radius 3 is 1.58 bits per heavy atom. The molecule has 0 aliphatic rings. The number of nitrogens with zero attached hydrogens (tertiary/aromatic N) is 1. The highest BCUT2D eigenvalue weighted by molar-refractivity contribution is 5.70. The molecule has 0 heterocycles. The second-order valence-electron chi connectivity index (χ2n) is 14.8. The van der Waals surface area contributed by atoms with E-state index < -0.39 is 24.1 Å². The van der Waals surface area contributed by atoms with Crippen LogP contribution in [-0.4, -0.2) is 75.5 Å². The maximum atomic E-state index is 12.7. The number of hydrogen-bond acceptors (Lipinski definition) is 7. The number of likely N-dealkylation sites (N-methyl/N-ethyl adjacent to an activating group) is 1. The number of rotatable bonds is 36. The fraction of sp³-hybridized carbons (Fsp3) is 0.638. The minimum Gasteiger partial charge on any atom is -0.544 e. The van der Waals surface area contributed by atoms with Crippen LogP contribution in [0.1, 0.15) is 142 Å². The maximum Gasteiger partial charge on any atom is 0.306 e. The van der Waals surface area contributed by atoms with Crippen LogP contribution < -0.4 is 5.11 Å². The number of quaternary nitrogens is 1. The quantitative estimate of drug-likeness (QED) is 0.0271. The summed E-state index contributed by atoms with van der Waals surface area (Å²) in [6, 6.07) is -0.743. The molecule has 8 heteroatoms. The van der Waals surface area contributed by atoms with Crippen molar-refractivity contribution in [3.05, 3.63) is 85.1 Å². The van der Waals surface area contributed by atoms with Crippen molar-refractivity contribution in [3.8, 4) is 0 Å². The van der Waals surface area contributed by atoms with Crippen molar-refractivity contribution < 1.29 is 38.2 Å². The zero-order valence-electron chi connectivity index (χ0n) is 35.3. The Bertz CT molecular complexity index is 1170. The van der Waals surface area contributed by atoms with Gasteiger partial charge in [-0.3, -0.25) is 9.59 Å². The van der Waals surface area contributed by atoms with Crippen molar-refractivity contribution in [2.45, 2.75) is 154 Å². The van der Waals surface area contributed by atoms with Gasteiger partial charge in [0.15, 0.2) is 6.10 Å². The summed E-state index contributed by atoms with van der Waals surface area (Å²) in [5.41, 5.74) is 0. The number of carbonyl (C=O) groups excluding carboxylic acids is 3. The zero-order valence-corrected chi connectivity index (χ0v) is 35.3. The predicted molar refractivity (Wildman–Crippen MR) is 226 cm³/mol. The van der Waals surface area contributed by atoms with Crippen molar-refractivity contribution in [1.29, 1.82) is 0 Å². The van der Waals surface area contributed by atoms with Crippen molar-refractivity contribution in [2.75, 3.05) is 41.0 Å². The fourth-order valence-corrected chi connectivity index (χ4v) is 5.50. The Morgan fingerprint density at radius 1 is 0.564 bits per heavy atom. The topological polar surface area (TPSA) is 102 Å². The molecule has 0 aliphatic carbocycles. The Morgan fingerprint density at radius 2 is 1.05 bits per heavy atom. The molecule has 8 nitrogen and oxygen atoms in total.